The lowest BCUT2D eigenvalue weighted by molar-refractivity contribution is 0.0940. The van der Waals surface area contributed by atoms with E-state index in [0.29, 0.717) is 33.5 Å². The molecule has 0 spiro atoms. The average Bonchev–Trinajstić information content (AvgIpc) is 2.75. The number of aromatic nitrogens is 2. The molecule has 3 N–H and O–H groups in total. The lowest BCUT2D eigenvalue weighted by Gasteiger charge is -2.12. The van der Waals surface area contributed by atoms with Crippen molar-refractivity contribution in [3.05, 3.63) is 27.1 Å². The third kappa shape index (κ3) is 2.88. The van der Waals surface area contributed by atoms with Gasteiger partial charge in [0.05, 0.1) is 16.6 Å². The summed E-state index contributed by atoms with van der Waals surface area (Å²) in [4.78, 5) is 31.7. The van der Waals surface area contributed by atoms with Crippen LogP contribution in [0.2, 0.25) is 0 Å². The molecule has 2 heterocycles. The van der Waals surface area contributed by atoms with Crippen molar-refractivity contribution in [2.75, 3.05) is 6.61 Å². The second-order valence-electron chi connectivity index (χ2n) is 4.71. The molecule has 0 bridgehead atoms. The van der Waals surface area contributed by atoms with E-state index in [1.165, 1.54) is 17.7 Å². The van der Waals surface area contributed by atoms with Gasteiger partial charge in [-0.25, -0.2) is 4.98 Å². The van der Waals surface area contributed by atoms with Gasteiger partial charge in [-0.15, -0.1) is 11.3 Å². The normalized spacial score (nSPS) is 12.6. The number of nitrogens with zero attached hydrogens (tertiary/aromatic N) is 1. The molecule has 1 amide bonds. The minimum atomic E-state index is -0.226. The van der Waals surface area contributed by atoms with Crippen molar-refractivity contribution in [1.29, 1.82) is 0 Å². The fourth-order valence-electron chi connectivity index (χ4n) is 2.05. The first-order valence-electron chi connectivity index (χ1n) is 6.43. The summed E-state index contributed by atoms with van der Waals surface area (Å²) in [5.41, 5.74) is 0.433. The Bertz CT molecular complexity index is 677. The number of aliphatic hydroxyl groups is 1. The first-order valence-corrected chi connectivity index (χ1v) is 7.24. The van der Waals surface area contributed by atoms with E-state index in [1.807, 2.05) is 6.92 Å². The Kier molecular flexibility index (Phi) is 4.51. The van der Waals surface area contributed by atoms with Crippen LogP contribution in [0.1, 0.15) is 35.0 Å². The number of fused-ring (bicyclic) bond motifs is 1. The van der Waals surface area contributed by atoms with Crippen molar-refractivity contribution in [3.63, 3.8) is 0 Å². The van der Waals surface area contributed by atoms with Crippen LogP contribution in [-0.2, 0) is 0 Å². The molecule has 108 valence electrons. The molecule has 0 aliphatic rings. The Morgan fingerprint density at radius 1 is 1.60 bits per heavy atom. The minimum absolute atomic E-state index is 0.0227. The van der Waals surface area contributed by atoms with Gasteiger partial charge in [0.1, 0.15) is 4.83 Å². The zero-order chi connectivity index (χ0) is 14.7. The molecule has 7 heteroatoms. The van der Waals surface area contributed by atoms with Gasteiger partial charge in [-0.2, -0.15) is 0 Å². The number of rotatable bonds is 5. The first kappa shape index (κ1) is 14.7. The Morgan fingerprint density at radius 3 is 3.00 bits per heavy atom. The van der Waals surface area contributed by atoms with E-state index in [9.17, 15) is 9.59 Å². The Labute approximate surface area is 119 Å². The monoisotopic (exact) mass is 295 g/mol. The number of H-pyrrole nitrogens is 1. The molecule has 1 unspecified atom stereocenters. The van der Waals surface area contributed by atoms with E-state index in [-0.39, 0.29) is 24.1 Å². The predicted octanol–water partition coefficient (Wildman–Crippen LogP) is 1.18. The fourth-order valence-corrected chi connectivity index (χ4v) is 3.11. The van der Waals surface area contributed by atoms with Gasteiger partial charge >= 0.3 is 0 Å². The Morgan fingerprint density at radius 2 is 2.35 bits per heavy atom. The number of carbonyl (C=O) groups is 1. The molecule has 1 atom stereocenters. The Balaban J connectivity index is 2.25. The van der Waals surface area contributed by atoms with Crippen molar-refractivity contribution in [3.8, 4) is 0 Å². The molecule has 20 heavy (non-hydrogen) atoms. The molecule has 2 aromatic heterocycles. The second-order valence-corrected chi connectivity index (χ2v) is 5.71. The summed E-state index contributed by atoms with van der Waals surface area (Å²) < 4.78 is 0. The topological polar surface area (TPSA) is 95.1 Å². The van der Waals surface area contributed by atoms with Gasteiger partial charge in [0.15, 0.2) is 0 Å². The minimum Gasteiger partial charge on any atom is -0.396 e. The molecule has 2 aromatic rings. The SMILES string of the molecule is Cc1c(C(=O)NC(C)CCCO)sc2nc[nH]c(=O)c12. The highest BCUT2D eigenvalue weighted by Gasteiger charge is 2.19. The summed E-state index contributed by atoms with van der Waals surface area (Å²) in [6.07, 6.45) is 2.70. The molecule has 0 aliphatic heterocycles. The van der Waals surface area contributed by atoms with Crippen molar-refractivity contribution in [1.82, 2.24) is 15.3 Å². The summed E-state index contributed by atoms with van der Waals surface area (Å²) in [5, 5.41) is 12.1. The van der Waals surface area contributed by atoms with Crippen molar-refractivity contribution in [2.24, 2.45) is 0 Å². The number of thiophene rings is 1. The molecular formula is C13H17N3O3S. The maximum Gasteiger partial charge on any atom is 0.261 e. The van der Waals surface area contributed by atoms with Crippen LogP contribution >= 0.6 is 11.3 Å². The molecule has 6 nitrogen and oxygen atoms in total. The second kappa shape index (κ2) is 6.15. The highest BCUT2D eigenvalue weighted by molar-refractivity contribution is 7.20. The van der Waals surface area contributed by atoms with Crippen LogP contribution in [0.4, 0.5) is 0 Å². The number of amides is 1. The van der Waals surface area contributed by atoms with Gasteiger partial charge in [-0.05, 0) is 32.3 Å². The van der Waals surface area contributed by atoms with Crippen LogP contribution < -0.4 is 10.9 Å². The van der Waals surface area contributed by atoms with Crippen LogP contribution in [0.15, 0.2) is 11.1 Å². The van der Waals surface area contributed by atoms with Gasteiger partial charge in [0, 0.05) is 12.6 Å². The van der Waals surface area contributed by atoms with Crippen LogP contribution in [-0.4, -0.2) is 33.6 Å². The molecule has 0 saturated heterocycles. The molecule has 2 rings (SSSR count). The molecule has 0 radical (unpaired) electrons. The Hall–Kier alpha value is -1.73. The number of hydrogen-bond acceptors (Lipinski definition) is 5. The summed E-state index contributed by atoms with van der Waals surface area (Å²) in [5.74, 6) is -0.199. The molecular weight excluding hydrogens is 278 g/mol. The zero-order valence-electron chi connectivity index (χ0n) is 11.4. The van der Waals surface area contributed by atoms with Crippen molar-refractivity contribution in [2.45, 2.75) is 32.7 Å². The number of nitrogens with one attached hydrogen (secondary N) is 2. The van der Waals surface area contributed by atoms with E-state index in [4.69, 9.17) is 5.11 Å². The van der Waals surface area contributed by atoms with Gasteiger partial charge < -0.3 is 15.4 Å². The molecule has 0 saturated carbocycles. The van der Waals surface area contributed by atoms with Gasteiger partial charge in [-0.3, -0.25) is 9.59 Å². The smallest absolute Gasteiger partial charge is 0.261 e. The van der Waals surface area contributed by atoms with Crippen LogP contribution in [0.3, 0.4) is 0 Å². The maximum atomic E-state index is 12.2. The first-order chi connectivity index (χ1) is 9.54. The highest BCUT2D eigenvalue weighted by Crippen LogP contribution is 2.26. The molecule has 0 aliphatic carbocycles. The number of hydrogen-bond donors (Lipinski definition) is 3. The third-order valence-electron chi connectivity index (χ3n) is 3.11. The average molecular weight is 295 g/mol. The van der Waals surface area contributed by atoms with Gasteiger partial charge in [-0.1, -0.05) is 0 Å². The summed E-state index contributed by atoms with van der Waals surface area (Å²) in [7, 11) is 0. The summed E-state index contributed by atoms with van der Waals surface area (Å²) in [6.45, 7) is 3.76. The van der Waals surface area contributed by atoms with Crippen LogP contribution in [0.5, 0.6) is 0 Å². The largest absolute Gasteiger partial charge is 0.396 e. The predicted molar refractivity (Wildman–Crippen MR) is 78.2 cm³/mol. The maximum absolute atomic E-state index is 12.2. The van der Waals surface area contributed by atoms with E-state index in [0.717, 1.165) is 0 Å². The van der Waals surface area contributed by atoms with Gasteiger partial charge in [0.25, 0.3) is 11.5 Å². The summed E-state index contributed by atoms with van der Waals surface area (Å²) in [6, 6.07) is -0.0227. The summed E-state index contributed by atoms with van der Waals surface area (Å²) >= 11 is 1.22. The van der Waals surface area contributed by atoms with Gasteiger partial charge in [0.2, 0.25) is 0 Å². The zero-order valence-corrected chi connectivity index (χ0v) is 12.2. The van der Waals surface area contributed by atoms with Crippen LogP contribution in [0, 0.1) is 6.92 Å². The van der Waals surface area contributed by atoms with Crippen LogP contribution in [0.25, 0.3) is 10.2 Å². The quantitative estimate of drug-likeness (QED) is 0.772. The van der Waals surface area contributed by atoms with Crippen molar-refractivity contribution < 1.29 is 9.90 Å². The number of aryl methyl sites for hydroxylation is 1. The van der Waals surface area contributed by atoms with Crippen molar-refractivity contribution >= 4 is 27.5 Å². The standard InChI is InChI=1S/C13H17N3O3S/c1-7(4-3-5-17)16-12(19)10-8(2)9-11(18)14-6-15-13(9)20-10/h6-7,17H,3-5H2,1-2H3,(H,16,19)(H,14,15,18). The number of carbonyl (C=O) groups excluding carboxylic acids is 1. The van der Waals surface area contributed by atoms with E-state index in [1.54, 1.807) is 6.92 Å². The lowest BCUT2D eigenvalue weighted by atomic mass is 10.1. The number of aliphatic hydroxyl groups excluding tert-OH is 1. The highest BCUT2D eigenvalue weighted by atomic mass is 32.1. The van der Waals surface area contributed by atoms with E-state index < -0.39 is 0 Å². The fraction of sp³-hybridized carbons (Fsp3) is 0.462. The third-order valence-corrected chi connectivity index (χ3v) is 4.31. The van der Waals surface area contributed by atoms with E-state index >= 15 is 0 Å². The lowest BCUT2D eigenvalue weighted by Crippen LogP contribution is -2.32. The number of aromatic amines is 1. The van der Waals surface area contributed by atoms with E-state index in [2.05, 4.69) is 15.3 Å². The molecule has 0 aromatic carbocycles. The molecule has 0 fully saturated rings.